The first-order chi connectivity index (χ1) is 13.7. The molecule has 2 aromatic carbocycles. The van der Waals surface area contributed by atoms with Crippen LogP contribution in [0.25, 0.3) is 21.9 Å². The van der Waals surface area contributed by atoms with Gasteiger partial charge in [0.2, 0.25) is 0 Å². The standard InChI is InChI=1S/C22H19N5O/c23-11-15-12-27(17-3-1-2-4-17)21-8-6-16(10-18(15)21)26-22(28)14-5-7-19-20(9-14)25-13-24-19/h5-10,12-13,17H,1-4H2,(H,24,25)(H,26,28). The van der Waals surface area contributed by atoms with Crippen LogP contribution in [0, 0.1) is 11.3 Å². The van der Waals surface area contributed by atoms with E-state index in [2.05, 4.69) is 25.9 Å². The summed E-state index contributed by atoms with van der Waals surface area (Å²) in [7, 11) is 0. The molecular formula is C22H19N5O. The Labute approximate surface area is 161 Å². The van der Waals surface area contributed by atoms with E-state index in [4.69, 9.17) is 0 Å². The van der Waals surface area contributed by atoms with Gasteiger partial charge in [-0.25, -0.2) is 4.98 Å². The first-order valence-corrected chi connectivity index (χ1v) is 9.52. The van der Waals surface area contributed by atoms with E-state index in [1.54, 1.807) is 18.5 Å². The van der Waals surface area contributed by atoms with E-state index in [0.717, 1.165) is 34.8 Å². The number of hydrogen-bond acceptors (Lipinski definition) is 3. The normalized spacial score (nSPS) is 14.5. The number of anilines is 1. The number of nitriles is 1. The molecule has 2 heterocycles. The second-order valence-corrected chi connectivity index (χ2v) is 7.32. The molecule has 1 amide bonds. The van der Waals surface area contributed by atoms with Crippen molar-refractivity contribution in [1.82, 2.24) is 14.5 Å². The summed E-state index contributed by atoms with van der Waals surface area (Å²) in [6, 6.07) is 13.9. The topological polar surface area (TPSA) is 86.5 Å². The molecular weight excluding hydrogens is 350 g/mol. The predicted octanol–water partition coefficient (Wildman–Crippen LogP) is 4.76. The van der Waals surface area contributed by atoms with Crippen molar-refractivity contribution >= 4 is 33.5 Å². The Kier molecular flexibility index (Phi) is 3.87. The van der Waals surface area contributed by atoms with Crippen LogP contribution in [0.1, 0.15) is 47.6 Å². The number of rotatable bonds is 3. The number of carbonyl (C=O) groups is 1. The summed E-state index contributed by atoms with van der Waals surface area (Å²) in [5.41, 5.74) is 4.59. The summed E-state index contributed by atoms with van der Waals surface area (Å²) in [6.45, 7) is 0. The third kappa shape index (κ3) is 2.72. The number of aromatic amines is 1. The number of aromatic nitrogens is 3. The minimum Gasteiger partial charge on any atom is -0.345 e. The molecule has 2 aromatic heterocycles. The van der Waals surface area contributed by atoms with Gasteiger partial charge in [0.05, 0.1) is 22.9 Å². The molecule has 0 atom stereocenters. The van der Waals surface area contributed by atoms with E-state index in [0.29, 0.717) is 22.9 Å². The smallest absolute Gasteiger partial charge is 0.255 e. The summed E-state index contributed by atoms with van der Waals surface area (Å²) >= 11 is 0. The van der Waals surface area contributed by atoms with Crippen molar-refractivity contribution in [3.63, 3.8) is 0 Å². The number of benzene rings is 2. The van der Waals surface area contributed by atoms with Gasteiger partial charge in [0, 0.05) is 34.4 Å². The highest BCUT2D eigenvalue weighted by atomic mass is 16.1. The van der Waals surface area contributed by atoms with Crippen molar-refractivity contribution in [2.75, 3.05) is 5.32 Å². The molecule has 0 radical (unpaired) electrons. The van der Waals surface area contributed by atoms with Crippen molar-refractivity contribution in [2.24, 2.45) is 0 Å². The highest BCUT2D eigenvalue weighted by Gasteiger charge is 2.20. The van der Waals surface area contributed by atoms with Crippen molar-refractivity contribution < 1.29 is 4.79 Å². The molecule has 1 fully saturated rings. The number of nitrogens with one attached hydrogen (secondary N) is 2. The fraction of sp³-hybridized carbons (Fsp3) is 0.227. The Hall–Kier alpha value is -3.59. The maximum atomic E-state index is 12.7. The first kappa shape index (κ1) is 16.6. The third-order valence-corrected chi connectivity index (χ3v) is 5.61. The summed E-state index contributed by atoms with van der Waals surface area (Å²) in [5.74, 6) is -0.190. The highest BCUT2D eigenvalue weighted by molar-refractivity contribution is 6.06. The maximum absolute atomic E-state index is 12.7. The summed E-state index contributed by atoms with van der Waals surface area (Å²) in [6.07, 6.45) is 8.35. The Morgan fingerprint density at radius 3 is 2.89 bits per heavy atom. The lowest BCUT2D eigenvalue weighted by Gasteiger charge is -2.13. The quantitative estimate of drug-likeness (QED) is 0.546. The summed E-state index contributed by atoms with van der Waals surface area (Å²) in [5, 5.41) is 13.4. The Morgan fingerprint density at radius 2 is 2.07 bits per heavy atom. The van der Waals surface area contributed by atoms with Gasteiger partial charge in [0.1, 0.15) is 6.07 Å². The lowest BCUT2D eigenvalue weighted by atomic mass is 10.1. The third-order valence-electron chi connectivity index (χ3n) is 5.61. The molecule has 138 valence electrons. The molecule has 0 saturated heterocycles. The van der Waals surface area contributed by atoms with Crippen LogP contribution in [0.4, 0.5) is 5.69 Å². The average molecular weight is 369 g/mol. The molecule has 6 heteroatoms. The fourth-order valence-corrected chi connectivity index (χ4v) is 4.19. The molecule has 0 bridgehead atoms. The van der Waals surface area contributed by atoms with Crippen LogP contribution in [0.2, 0.25) is 0 Å². The molecule has 4 aromatic rings. The predicted molar refractivity (Wildman–Crippen MR) is 108 cm³/mol. The van der Waals surface area contributed by atoms with Crippen LogP contribution in [-0.4, -0.2) is 20.4 Å². The molecule has 0 unspecified atom stereocenters. The number of hydrogen-bond donors (Lipinski definition) is 2. The van der Waals surface area contributed by atoms with Crippen LogP contribution >= 0.6 is 0 Å². The van der Waals surface area contributed by atoms with E-state index in [1.807, 2.05) is 30.5 Å². The second-order valence-electron chi connectivity index (χ2n) is 7.32. The van der Waals surface area contributed by atoms with Crippen LogP contribution in [0.15, 0.2) is 48.9 Å². The Balaban J connectivity index is 1.47. The molecule has 0 aliphatic heterocycles. The number of imidazole rings is 1. The molecule has 28 heavy (non-hydrogen) atoms. The van der Waals surface area contributed by atoms with Gasteiger partial charge >= 0.3 is 0 Å². The lowest BCUT2D eigenvalue weighted by molar-refractivity contribution is 0.102. The zero-order valence-corrected chi connectivity index (χ0v) is 15.3. The van der Waals surface area contributed by atoms with Crippen molar-refractivity contribution in [3.05, 3.63) is 60.0 Å². The van der Waals surface area contributed by atoms with Gasteiger partial charge in [-0.15, -0.1) is 0 Å². The lowest BCUT2D eigenvalue weighted by Crippen LogP contribution is -2.11. The maximum Gasteiger partial charge on any atom is 0.255 e. The number of amides is 1. The molecule has 1 aliphatic carbocycles. The first-order valence-electron chi connectivity index (χ1n) is 9.52. The number of nitrogens with zero attached hydrogens (tertiary/aromatic N) is 3. The van der Waals surface area contributed by atoms with E-state index >= 15 is 0 Å². The Bertz CT molecular complexity index is 1240. The van der Waals surface area contributed by atoms with Gasteiger partial charge in [0.15, 0.2) is 0 Å². The average Bonchev–Trinajstić information content (AvgIpc) is 3.45. The second kappa shape index (κ2) is 6.54. The number of H-pyrrole nitrogens is 1. The number of carbonyl (C=O) groups excluding carboxylic acids is 1. The van der Waals surface area contributed by atoms with Gasteiger partial charge in [-0.2, -0.15) is 5.26 Å². The van der Waals surface area contributed by atoms with Crippen molar-refractivity contribution in [3.8, 4) is 6.07 Å². The van der Waals surface area contributed by atoms with E-state index in [-0.39, 0.29) is 5.91 Å². The molecule has 6 nitrogen and oxygen atoms in total. The van der Waals surface area contributed by atoms with Crippen molar-refractivity contribution in [2.45, 2.75) is 31.7 Å². The van der Waals surface area contributed by atoms with E-state index in [1.165, 1.54) is 12.8 Å². The highest BCUT2D eigenvalue weighted by Crippen LogP contribution is 2.35. The SMILES string of the molecule is N#Cc1cn(C2CCCC2)c2ccc(NC(=O)c3ccc4nc[nH]c4c3)cc12. The molecule has 5 rings (SSSR count). The fourth-order valence-electron chi connectivity index (χ4n) is 4.19. The van der Waals surface area contributed by atoms with Gasteiger partial charge < -0.3 is 14.9 Å². The molecule has 1 aliphatic rings. The van der Waals surface area contributed by atoms with Gasteiger partial charge in [-0.3, -0.25) is 4.79 Å². The Morgan fingerprint density at radius 1 is 1.21 bits per heavy atom. The van der Waals surface area contributed by atoms with Gasteiger partial charge in [0.25, 0.3) is 5.91 Å². The molecule has 0 spiro atoms. The zero-order valence-electron chi connectivity index (χ0n) is 15.3. The largest absolute Gasteiger partial charge is 0.345 e. The molecule has 1 saturated carbocycles. The van der Waals surface area contributed by atoms with Crippen LogP contribution in [0.3, 0.4) is 0 Å². The molecule has 2 N–H and O–H groups in total. The van der Waals surface area contributed by atoms with Crippen LogP contribution < -0.4 is 5.32 Å². The van der Waals surface area contributed by atoms with Gasteiger partial charge in [-0.05, 0) is 49.2 Å². The summed E-state index contributed by atoms with van der Waals surface area (Å²) in [4.78, 5) is 19.9. The minimum absolute atomic E-state index is 0.190. The van der Waals surface area contributed by atoms with E-state index in [9.17, 15) is 10.1 Å². The van der Waals surface area contributed by atoms with E-state index < -0.39 is 0 Å². The van der Waals surface area contributed by atoms with Crippen LogP contribution in [-0.2, 0) is 0 Å². The summed E-state index contributed by atoms with van der Waals surface area (Å²) < 4.78 is 2.23. The monoisotopic (exact) mass is 369 g/mol. The minimum atomic E-state index is -0.190. The number of fused-ring (bicyclic) bond motifs is 2. The van der Waals surface area contributed by atoms with Crippen LogP contribution in [0.5, 0.6) is 0 Å². The zero-order chi connectivity index (χ0) is 19.1. The van der Waals surface area contributed by atoms with Gasteiger partial charge in [-0.1, -0.05) is 12.8 Å². The van der Waals surface area contributed by atoms with Crippen molar-refractivity contribution in [1.29, 1.82) is 5.26 Å².